The number of ether oxygens (including phenoxy) is 2. The number of carbonyl (C=O) groups excluding carboxylic acids is 2. The average molecular weight is 260 g/mol. The van der Waals surface area contributed by atoms with Crippen molar-refractivity contribution in [2.45, 2.75) is 0 Å². The minimum absolute atomic E-state index is 0.136. The van der Waals surface area contributed by atoms with E-state index in [1.54, 1.807) is 30.3 Å². The van der Waals surface area contributed by atoms with Gasteiger partial charge in [0.05, 0.1) is 7.11 Å². The minimum Gasteiger partial charge on any atom is -0.482 e. The average Bonchev–Trinajstić information content (AvgIpc) is 2.42. The van der Waals surface area contributed by atoms with Crippen LogP contribution < -0.4 is 10.5 Å². The fourth-order valence-electron chi connectivity index (χ4n) is 1.19. The number of hydrogen-bond donors (Lipinski definition) is 1. The van der Waals surface area contributed by atoms with Crippen LogP contribution in [0.25, 0.3) is 6.08 Å². The molecule has 0 unspecified atom stereocenters. The molecule has 6 heteroatoms. The van der Waals surface area contributed by atoms with Gasteiger partial charge in [-0.15, -0.1) is 0 Å². The number of methoxy groups -OCH3 is 1. The van der Waals surface area contributed by atoms with Crippen LogP contribution >= 0.6 is 0 Å². The Morgan fingerprint density at radius 3 is 2.47 bits per heavy atom. The number of nitriles is 1. The maximum absolute atomic E-state index is 10.9. The first kappa shape index (κ1) is 14.3. The van der Waals surface area contributed by atoms with Crippen LogP contribution in [-0.2, 0) is 14.3 Å². The molecule has 1 rings (SSSR count). The first-order chi connectivity index (χ1) is 9.06. The largest absolute Gasteiger partial charge is 0.482 e. The van der Waals surface area contributed by atoms with E-state index in [1.165, 1.54) is 13.2 Å². The van der Waals surface area contributed by atoms with Crippen molar-refractivity contribution in [2.75, 3.05) is 13.7 Å². The van der Waals surface area contributed by atoms with E-state index >= 15 is 0 Å². The zero-order chi connectivity index (χ0) is 14.3. The standard InChI is InChI=1S/C13H12N2O4/c1-18-12(16)8-19-11-4-2-9(3-5-11)6-10(7-14)13(15)17/h2-6H,8H2,1H3,(H2,15,17)/b10-6+. The summed E-state index contributed by atoms with van der Waals surface area (Å²) in [5, 5.41) is 8.69. The Morgan fingerprint density at radius 1 is 1.37 bits per heavy atom. The van der Waals surface area contributed by atoms with E-state index in [0.29, 0.717) is 11.3 Å². The second-order valence-corrected chi connectivity index (χ2v) is 3.47. The maximum atomic E-state index is 10.9. The first-order valence-corrected chi connectivity index (χ1v) is 5.28. The topological polar surface area (TPSA) is 102 Å². The molecule has 1 aromatic carbocycles. The lowest BCUT2D eigenvalue weighted by molar-refractivity contribution is -0.142. The van der Waals surface area contributed by atoms with Gasteiger partial charge >= 0.3 is 5.97 Å². The van der Waals surface area contributed by atoms with Gasteiger partial charge in [0, 0.05) is 0 Å². The number of nitrogens with zero attached hydrogens (tertiary/aromatic N) is 1. The molecular weight excluding hydrogens is 248 g/mol. The molecule has 6 nitrogen and oxygen atoms in total. The van der Waals surface area contributed by atoms with Gasteiger partial charge in [-0.25, -0.2) is 4.79 Å². The summed E-state index contributed by atoms with van der Waals surface area (Å²) >= 11 is 0. The molecule has 0 heterocycles. The lowest BCUT2D eigenvalue weighted by Crippen LogP contribution is -2.12. The summed E-state index contributed by atoms with van der Waals surface area (Å²) in [6.45, 7) is -0.184. The predicted molar refractivity (Wildman–Crippen MR) is 66.7 cm³/mol. The van der Waals surface area contributed by atoms with Crippen molar-refractivity contribution in [3.8, 4) is 11.8 Å². The molecule has 0 spiro atoms. The number of esters is 1. The molecular formula is C13H12N2O4. The second-order valence-electron chi connectivity index (χ2n) is 3.47. The van der Waals surface area contributed by atoms with E-state index in [9.17, 15) is 9.59 Å². The van der Waals surface area contributed by atoms with Crippen LogP contribution in [0, 0.1) is 11.3 Å². The Hall–Kier alpha value is -2.81. The molecule has 0 saturated heterocycles. The van der Waals surface area contributed by atoms with Crippen molar-refractivity contribution in [1.82, 2.24) is 0 Å². The highest BCUT2D eigenvalue weighted by Crippen LogP contribution is 2.14. The number of carbonyl (C=O) groups is 2. The van der Waals surface area contributed by atoms with Gasteiger partial charge in [0.25, 0.3) is 5.91 Å². The molecule has 0 aliphatic rings. The number of amides is 1. The highest BCUT2D eigenvalue weighted by atomic mass is 16.6. The van der Waals surface area contributed by atoms with Gasteiger partial charge in [-0.1, -0.05) is 12.1 Å². The summed E-state index contributed by atoms with van der Waals surface area (Å²) in [7, 11) is 1.27. The van der Waals surface area contributed by atoms with Crippen molar-refractivity contribution < 1.29 is 19.1 Å². The molecule has 2 N–H and O–H groups in total. The molecule has 0 aliphatic heterocycles. The summed E-state index contributed by atoms with van der Waals surface area (Å²) in [6.07, 6.45) is 1.37. The van der Waals surface area contributed by atoms with Crippen LogP contribution in [0.4, 0.5) is 0 Å². The van der Waals surface area contributed by atoms with Gasteiger partial charge in [0.2, 0.25) is 0 Å². The summed E-state index contributed by atoms with van der Waals surface area (Å²) in [4.78, 5) is 21.7. The van der Waals surface area contributed by atoms with Crippen molar-refractivity contribution in [3.05, 3.63) is 35.4 Å². The van der Waals surface area contributed by atoms with E-state index in [1.807, 2.05) is 0 Å². The van der Waals surface area contributed by atoms with Gasteiger partial charge in [0.15, 0.2) is 6.61 Å². The van der Waals surface area contributed by atoms with Crippen molar-refractivity contribution in [2.24, 2.45) is 5.73 Å². The third-order valence-electron chi connectivity index (χ3n) is 2.16. The SMILES string of the molecule is COC(=O)COc1ccc(/C=C(\C#N)C(N)=O)cc1. The molecule has 0 fully saturated rings. The van der Waals surface area contributed by atoms with E-state index in [-0.39, 0.29) is 12.2 Å². The summed E-state index contributed by atoms with van der Waals surface area (Å²) in [6, 6.07) is 8.17. The molecule has 0 aromatic heterocycles. The van der Waals surface area contributed by atoms with Gasteiger partial charge in [0.1, 0.15) is 17.4 Å². The van der Waals surface area contributed by atoms with Crippen LogP contribution in [0.2, 0.25) is 0 Å². The molecule has 1 amide bonds. The molecule has 0 bridgehead atoms. The van der Waals surface area contributed by atoms with E-state index in [4.69, 9.17) is 15.7 Å². The first-order valence-electron chi connectivity index (χ1n) is 5.28. The highest BCUT2D eigenvalue weighted by Gasteiger charge is 2.04. The third-order valence-corrected chi connectivity index (χ3v) is 2.16. The van der Waals surface area contributed by atoms with Crippen LogP contribution in [0.1, 0.15) is 5.56 Å². The molecule has 0 saturated carbocycles. The second kappa shape index (κ2) is 6.81. The number of benzene rings is 1. The van der Waals surface area contributed by atoms with Gasteiger partial charge in [-0.2, -0.15) is 5.26 Å². The third kappa shape index (κ3) is 4.52. The summed E-state index contributed by atoms with van der Waals surface area (Å²) in [5.74, 6) is -0.793. The number of rotatable bonds is 5. The Labute approximate surface area is 110 Å². The molecule has 0 radical (unpaired) electrons. The Morgan fingerprint density at radius 2 is 2.00 bits per heavy atom. The number of hydrogen-bond acceptors (Lipinski definition) is 5. The van der Waals surface area contributed by atoms with Gasteiger partial charge in [-0.05, 0) is 23.8 Å². The summed E-state index contributed by atoms with van der Waals surface area (Å²) in [5.41, 5.74) is 5.51. The highest BCUT2D eigenvalue weighted by molar-refractivity contribution is 6.00. The normalized spacial score (nSPS) is 10.4. The molecule has 98 valence electrons. The number of primary amides is 1. The fraction of sp³-hybridized carbons (Fsp3) is 0.154. The Bertz CT molecular complexity index is 541. The van der Waals surface area contributed by atoms with Crippen molar-refractivity contribution >= 4 is 18.0 Å². The van der Waals surface area contributed by atoms with E-state index in [2.05, 4.69) is 4.74 Å². The van der Waals surface area contributed by atoms with Gasteiger partial charge < -0.3 is 15.2 Å². The van der Waals surface area contributed by atoms with Crippen LogP contribution in [0.15, 0.2) is 29.8 Å². The predicted octanol–water partition coefficient (Wildman–Crippen LogP) is 0.631. The quantitative estimate of drug-likeness (QED) is 0.475. The van der Waals surface area contributed by atoms with Gasteiger partial charge in [-0.3, -0.25) is 4.79 Å². The van der Waals surface area contributed by atoms with Crippen LogP contribution in [0.3, 0.4) is 0 Å². The van der Waals surface area contributed by atoms with Crippen molar-refractivity contribution in [3.63, 3.8) is 0 Å². The van der Waals surface area contributed by atoms with E-state index in [0.717, 1.165) is 0 Å². The smallest absolute Gasteiger partial charge is 0.343 e. The minimum atomic E-state index is -0.784. The lowest BCUT2D eigenvalue weighted by Gasteiger charge is -2.04. The Kier molecular flexibility index (Phi) is 5.11. The van der Waals surface area contributed by atoms with Crippen molar-refractivity contribution in [1.29, 1.82) is 5.26 Å². The molecule has 0 atom stereocenters. The van der Waals surface area contributed by atoms with Crippen LogP contribution in [0.5, 0.6) is 5.75 Å². The molecule has 0 aliphatic carbocycles. The number of nitrogens with two attached hydrogens (primary N) is 1. The summed E-state index contributed by atoms with van der Waals surface area (Å²) < 4.78 is 9.57. The molecule has 19 heavy (non-hydrogen) atoms. The van der Waals surface area contributed by atoms with E-state index < -0.39 is 11.9 Å². The Balaban J connectivity index is 2.74. The lowest BCUT2D eigenvalue weighted by atomic mass is 10.1. The van der Waals surface area contributed by atoms with Crippen LogP contribution in [-0.4, -0.2) is 25.6 Å². The monoisotopic (exact) mass is 260 g/mol. The molecule has 1 aromatic rings. The zero-order valence-electron chi connectivity index (χ0n) is 10.3. The zero-order valence-corrected chi connectivity index (χ0v) is 10.3. The fourth-order valence-corrected chi connectivity index (χ4v) is 1.19. The maximum Gasteiger partial charge on any atom is 0.343 e.